The highest BCUT2D eigenvalue weighted by Crippen LogP contribution is 2.48. The molecular formula is C10H14O4S. The molecule has 0 unspecified atom stereocenters. The number of hydrogen-bond acceptors (Lipinski definition) is 5. The van der Waals surface area contributed by atoms with E-state index in [1.165, 1.54) is 39.2 Å². The summed E-state index contributed by atoms with van der Waals surface area (Å²) in [6.45, 7) is 0. The van der Waals surface area contributed by atoms with Gasteiger partial charge >= 0.3 is 0 Å². The standard InChI is InChI=1S/C10H14O4S/c1-12-7-5-6(11)10(15-4)9(14-3)8(7)13-2/h5,11H,1-4H3. The Morgan fingerprint density at radius 1 is 1.07 bits per heavy atom. The van der Waals surface area contributed by atoms with Gasteiger partial charge in [-0.2, -0.15) is 0 Å². The fourth-order valence-corrected chi connectivity index (χ4v) is 1.94. The highest BCUT2D eigenvalue weighted by molar-refractivity contribution is 7.98. The number of thioether (sulfide) groups is 1. The third-order valence-corrected chi connectivity index (χ3v) is 2.77. The molecular weight excluding hydrogens is 216 g/mol. The molecule has 0 aromatic heterocycles. The van der Waals surface area contributed by atoms with Crippen LogP contribution in [0.3, 0.4) is 0 Å². The topological polar surface area (TPSA) is 47.9 Å². The monoisotopic (exact) mass is 230 g/mol. The Morgan fingerprint density at radius 3 is 2.07 bits per heavy atom. The molecule has 0 amide bonds. The number of phenols is 1. The van der Waals surface area contributed by atoms with Gasteiger partial charge in [0.25, 0.3) is 0 Å². The van der Waals surface area contributed by atoms with Gasteiger partial charge in [-0.15, -0.1) is 11.8 Å². The summed E-state index contributed by atoms with van der Waals surface area (Å²) in [5.74, 6) is 1.55. The lowest BCUT2D eigenvalue weighted by molar-refractivity contribution is 0.313. The van der Waals surface area contributed by atoms with Gasteiger partial charge in [0.1, 0.15) is 5.75 Å². The Hall–Kier alpha value is -1.23. The summed E-state index contributed by atoms with van der Waals surface area (Å²) >= 11 is 1.38. The molecule has 0 saturated carbocycles. The second-order valence-electron chi connectivity index (χ2n) is 2.70. The SMILES string of the molecule is COc1cc(O)c(SC)c(OC)c1OC. The van der Waals surface area contributed by atoms with Crippen molar-refractivity contribution in [1.82, 2.24) is 0 Å². The molecule has 1 N–H and O–H groups in total. The highest BCUT2D eigenvalue weighted by Gasteiger charge is 2.19. The largest absolute Gasteiger partial charge is 0.506 e. The Kier molecular flexibility index (Phi) is 3.96. The van der Waals surface area contributed by atoms with E-state index in [0.717, 1.165) is 0 Å². The second kappa shape index (κ2) is 5.02. The molecule has 0 fully saturated rings. The van der Waals surface area contributed by atoms with E-state index < -0.39 is 0 Å². The van der Waals surface area contributed by atoms with E-state index in [1.54, 1.807) is 0 Å². The van der Waals surface area contributed by atoms with Crippen molar-refractivity contribution in [2.24, 2.45) is 0 Å². The molecule has 1 rings (SSSR count). The maximum absolute atomic E-state index is 9.72. The molecule has 0 aliphatic carbocycles. The first-order valence-corrected chi connectivity index (χ1v) is 5.48. The van der Waals surface area contributed by atoms with Crippen molar-refractivity contribution in [3.63, 3.8) is 0 Å². The number of phenolic OH excluding ortho intramolecular Hbond substituents is 1. The first kappa shape index (κ1) is 11.8. The smallest absolute Gasteiger partial charge is 0.204 e. The minimum Gasteiger partial charge on any atom is -0.506 e. The maximum Gasteiger partial charge on any atom is 0.204 e. The van der Waals surface area contributed by atoms with Crippen LogP contribution in [0, 0.1) is 0 Å². The molecule has 0 aliphatic heterocycles. The van der Waals surface area contributed by atoms with Gasteiger partial charge in [-0.25, -0.2) is 0 Å². The molecule has 1 aromatic carbocycles. The summed E-state index contributed by atoms with van der Waals surface area (Å²) in [6, 6.07) is 1.51. The fraction of sp³-hybridized carbons (Fsp3) is 0.400. The molecule has 0 radical (unpaired) electrons. The molecule has 15 heavy (non-hydrogen) atoms. The number of hydrogen-bond donors (Lipinski definition) is 1. The lowest BCUT2D eigenvalue weighted by Gasteiger charge is -2.15. The number of benzene rings is 1. The summed E-state index contributed by atoms with van der Waals surface area (Å²) in [7, 11) is 4.56. The number of rotatable bonds is 4. The van der Waals surface area contributed by atoms with Gasteiger partial charge in [0.05, 0.1) is 26.2 Å². The van der Waals surface area contributed by atoms with E-state index in [-0.39, 0.29) is 5.75 Å². The van der Waals surface area contributed by atoms with Crippen LogP contribution < -0.4 is 14.2 Å². The molecule has 0 atom stereocenters. The third kappa shape index (κ3) is 2.07. The summed E-state index contributed by atoms with van der Waals surface area (Å²) in [4.78, 5) is 0.634. The van der Waals surface area contributed by atoms with Gasteiger partial charge in [-0.05, 0) is 6.26 Å². The normalized spacial score (nSPS) is 9.87. The van der Waals surface area contributed by atoms with Crippen molar-refractivity contribution in [3.8, 4) is 23.0 Å². The molecule has 0 aliphatic rings. The summed E-state index contributed by atoms with van der Waals surface area (Å²) in [5.41, 5.74) is 0. The zero-order valence-electron chi connectivity index (χ0n) is 9.16. The first-order chi connectivity index (χ1) is 7.19. The molecule has 0 saturated heterocycles. The van der Waals surface area contributed by atoms with Gasteiger partial charge in [0, 0.05) is 6.07 Å². The first-order valence-electron chi connectivity index (χ1n) is 4.25. The van der Waals surface area contributed by atoms with Crippen molar-refractivity contribution >= 4 is 11.8 Å². The molecule has 84 valence electrons. The van der Waals surface area contributed by atoms with Crippen molar-refractivity contribution in [3.05, 3.63) is 6.07 Å². The lowest BCUT2D eigenvalue weighted by atomic mass is 10.2. The van der Waals surface area contributed by atoms with E-state index >= 15 is 0 Å². The van der Waals surface area contributed by atoms with Crippen molar-refractivity contribution in [1.29, 1.82) is 0 Å². The van der Waals surface area contributed by atoms with E-state index in [0.29, 0.717) is 22.1 Å². The molecule has 0 heterocycles. The van der Waals surface area contributed by atoms with Crippen LogP contribution in [0.2, 0.25) is 0 Å². The van der Waals surface area contributed by atoms with Gasteiger partial charge in [0.2, 0.25) is 5.75 Å². The van der Waals surface area contributed by atoms with Crippen LogP contribution in [0.4, 0.5) is 0 Å². The van der Waals surface area contributed by atoms with E-state index in [1.807, 2.05) is 6.26 Å². The predicted molar refractivity (Wildman–Crippen MR) is 59.5 cm³/mol. The van der Waals surface area contributed by atoms with Crippen LogP contribution in [0.1, 0.15) is 0 Å². The maximum atomic E-state index is 9.72. The van der Waals surface area contributed by atoms with Crippen LogP contribution in [-0.2, 0) is 0 Å². The van der Waals surface area contributed by atoms with Gasteiger partial charge in [0.15, 0.2) is 11.5 Å². The minimum absolute atomic E-state index is 0.122. The summed E-state index contributed by atoms with van der Waals surface area (Å²) in [5, 5.41) is 9.72. The predicted octanol–water partition coefficient (Wildman–Crippen LogP) is 2.14. The minimum atomic E-state index is 0.122. The van der Waals surface area contributed by atoms with Gasteiger partial charge < -0.3 is 19.3 Å². The Bertz CT molecular complexity index is 352. The Morgan fingerprint density at radius 2 is 1.67 bits per heavy atom. The van der Waals surface area contributed by atoms with E-state index in [9.17, 15) is 5.11 Å². The van der Waals surface area contributed by atoms with Crippen molar-refractivity contribution in [2.75, 3.05) is 27.6 Å². The second-order valence-corrected chi connectivity index (χ2v) is 3.51. The number of ether oxygens (including phenoxy) is 3. The van der Waals surface area contributed by atoms with E-state index in [4.69, 9.17) is 14.2 Å². The Balaban J connectivity index is 3.44. The van der Waals surface area contributed by atoms with Crippen molar-refractivity contribution in [2.45, 2.75) is 4.90 Å². The van der Waals surface area contributed by atoms with E-state index in [2.05, 4.69) is 0 Å². The zero-order chi connectivity index (χ0) is 11.4. The van der Waals surface area contributed by atoms with Crippen LogP contribution in [-0.4, -0.2) is 32.7 Å². The quantitative estimate of drug-likeness (QED) is 0.803. The molecule has 1 aromatic rings. The van der Waals surface area contributed by atoms with Crippen LogP contribution in [0.25, 0.3) is 0 Å². The van der Waals surface area contributed by atoms with Crippen LogP contribution >= 0.6 is 11.8 Å². The van der Waals surface area contributed by atoms with Crippen molar-refractivity contribution < 1.29 is 19.3 Å². The average molecular weight is 230 g/mol. The summed E-state index contributed by atoms with van der Waals surface area (Å²) in [6.07, 6.45) is 1.85. The van der Waals surface area contributed by atoms with Gasteiger partial charge in [-0.3, -0.25) is 0 Å². The summed E-state index contributed by atoms with van der Waals surface area (Å²) < 4.78 is 15.5. The fourth-order valence-electron chi connectivity index (χ4n) is 1.31. The van der Waals surface area contributed by atoms with Crippen LogP contribution in [0.5, 0.6) is 23.0 Å². The van der Waals surface area contributed by atoms with Gasteiger partial charge in [-0.1, -0.05) is 0 Å². The molecule has 0 bridgehead atoms. The third-order valence-electron chi connectivity index (χ3n) is 1.97. The zero-order valence-corrected chi connectivity index (χ0v) is 9.97. The average Bonchev–Trinajstić information content (AvgIpc) is 2.27. The molecule has 4 nitrogen and oxygen atoms in total. The van der Waals surface area contributed by atoms with Crippen LogP contribution in [0.15, 0.2) is 11.0 Å². The highest BCUT2D eigenvalue weighted by atomic mass is 32.2. The number of aromatic hydroxyl groups is 1. The number of methoxy groups -OCH3 is 3. The Labute approximate surface area is 93.1 Å². The lowest BCUT2D eigenvalue weighted by Crippen LogP contribution is -1.96. The molecule has 0 spiro atoms. The molecule has 5 heteroatoms.